The Kier molecular flexibility index (Phi) is 5.39. The van der Waals surface area contributed by atoms with Crippen LogP contribution in [0.5, 0.6) is 11.5 Å². The van der Waals surface area contributed by atoms with Crippen molar-refractivity contribution in [1.82, 2.24) is 0 Å². The van der Waals surface area contributed by atoms with Gasteiger partial charge in [-0.3, -0.25) is 4.79 Å². The zero-order chi connectivity index (χ0) is 15.3. The van der Waals surface area contributed by atoms with E-state index in [2.05, 4.69) is 0 Å². The number of carbonyl (C=O) groups is 1. The van der Waals surface area contributed by atoms with Crippen LogP contribution in [-0.2, 0) is 9.53 Å². The molecule has 5 nitrogen and oxygen atoms in total. The number of methoxy groups -OCH3 is 2. The van der Waals surface area contributed by atoms with Gasteiger partial charge in [-0.25, -0.2) is 0 Å². The molecule has 0 spiro atoms. The summed E-state index contributed by atoms with van der Waals surface area (Å²) in [5.41, 5.74) is 0.0153. The molecule has 0 fully saturated rings. The Morgan fingerprint density at radius 2 is 1.80 bits per heavy atom. The topological polar surface area (TPSA) is 65.0 Å². The predicted octanol–water partition coefficient (Wildman–Crippen LogP) is 2.33. The lowest BCUT2D eigenvalue weighted by Gasteiger charge is -2.19. The van der Waals surface area contributed by atoms with E-state index < -0.39 is 11.5 Å². The second-order valence-corrected chi connectivity index (χ2v) is 5.48. The van der Waals surface area contributed by atoms with Gasteiger partial charge in [0.2, 0.25) is 0 Å². The van der Waals surface area contributed by atoms with Crippen molar-refractivity contribution in [2.75, 3.05) is 20.8 Å². The lowest BCUT2D eigenvalue weighted by Crippen LogP contribution is -2.25. The van der Waals surface area contributed by atoms with Gasteiger partial charge in [0.1, 0.15) is 12.7 Å². The minimum atomic E-state index is -0.902. The first kappa shape index (κ1) is 16.3. The monoisotopic (exact) mass is 282 g/mol. The fraction of sp³-hybridized carbons (Fsp3) is 0.533. The fourth-order valence-electron chi connectivity index (χ4n) is 1.53. The predicted molar refractivity (Wildman–Crippen MR) is 74.9 cm³/mol. The molecule has 5 heteroatoms. The maximum Gasteiger partial charge on any atom is 0.311 e. The molecule has 1 aromatic rings. The van der Waals surface area contributed by atoms with Crippen LogP contribution in [0.25, 0.3) is 0 Å². The Labute approximate surface area is 119 Å². The number of aliphatic hydroxyl groups is 1. The summed E-state index contributed by atoms with van der Waals surface area (Å²) in [7, 11) is 3.06. The van der Waals surface area contributed by atoms with Crippen LogP contribution < -0.4 is 9.47 Å². The lowest BCUT2D eigenvalue weighted by molar-refractivity contribution is -0.156. The zero-order valence-electron chi connectivity index (χ0n) is 12.6. The van der Waals surface area contributed by atoms with Crippen molar-refractivity contribution in [3.8, 4) is 11.5 Å². The smallest absolute Gasteiger partial charge is 0.311 e. The molecule has 1 rings (SSSR count). The second kappa shape index (κ2) is 6.61. The summed E-state index contributed by atoms with van der Waals surface area (Å²) in [6, 6.07) is 5.06. The van der Waals surface area contributed by atoms with E-state index in [1.165, 1.54) is 7.11 Å². The molecule has 0 aromatic heterocycles. The number of hydrogen-bond acceptors (Lipinski definition) is 5. The van der Waals surface area contributed by atoms with E-state index in [-0.39, 0.29) is 12.6 Å². The Bertz CT molecular complexity index is 462. The molecule has 0 aliphatic rings. The number of carbonyl (C=O) groups excluding carboxylic acids is 1. The van der Waals surface area contributed by atoms with E-state index in [1.54, 1.807) is 46.1 Å². The lowest BCUT2D eigenvalue weighted by atomic mass is 9.97. The van der Waals surface area contributed by atoms with Crippen LogP contribution >= 0.6 is 0 Å². The molecular weight excluding hydrogens is 260 g/mol. The maximum atomic E-state index is 11.6. The molecular formula is C15H22O5. The molecule has 0 amide bonds. The molecule has 1 N–H and O–H groups in total. The van der Waals surface area contributed by atoms with Crippen LogP contribution in [-0.4, -0.2) is 31.9 Å². The second-order valence-electron chi connectivity index (χ2n) is 5.48. The van der Waals surface area contributed by atoms with Gasteiger partial charge in [-0.05, 0) is 38.5 Å². The summed E-state index contributed by atoms with van der Waals surface area (Å²) in [5.74, 6) is 0.748. The first-order valence-electron chi connectivity index (χ1n) is 6.36. The molecule has 0 aliphatic carbocycles. The average molecular weight is 282 g/mol. The highest BCUT2D eigenvalue weighted by molar-refractivity contribution is 5.75. The molecule has 112 valence electrons. The Morgan fingerprint density at radius 1 is 1.20 bits per heavy atom. The summed E-state index contributed by atoms with van der Waals surface area (Å²) < 4.78 is 15.4. The Morgan fingerprint density at radius 3 is 2.30 bits per heavy atom. The largest absolute Gasteiger partial charge is 0.493 e. The van der Waals surface area contributed by atoms with Crippen LogP contribution in [0.4, 0.5) is 0 Å². The van der Waals surface area contributed by atoms with E-state index in [1.807, 2.05) is 0 Å². The fourth-order valence-corrected chi connectivity index (χ4v) is 1.53. The third kappa shape index (κ3) is 4.13. The minimum absolute atomic E-state index is 0.0917. The van der Waals surface area contributed by atoms with Crippen molar-refractivity contribution in [2.45, 2.75) is 26.9 Å². The van der Waals surface area contributed by atoms with E-state index in [0.29, 0.717) is 17.1 Å². The van der Waals surface area contributed by atoms with Crippen LogP contribution in [0.3, 0.4) is 0 Å². The van der Waals surface area contributed by atoms with E-state index in [4.69, 9.17) is 14.2 Å². The Balaban J connectivity index is 2.73. The van der Waals surface area contributed by atoms with Gasteiger partial charge in [0.15, 0.2) is 11.5 Å². The van der Waals surface area contributed by atoms with Gasteiger partial charge < -0.3 is 19.3 Å². The standard InChI is InChI=1S/C15H22O5/c1-15(2,3)14(17)20-9-11(16)10-6-7-12(18-4)13(8-10)19-5/h6-8,11,16H,9H2,1-5H3/t11-/m0/s1. The van der Waals surface area contributed by atoms with Crippen LogP contribution in [0.2, 0.25) is 0 Å². The highest BCUT2D eigenvalue weighted by Gasteiger charge is 2.24. The van der Waals surface area contributed by atoms with Crippen molar-refractivity contribution in [2.24, 2.45) is 5.41 Å². The summed E-state index contributed by atoms with van der Waals surface area (Å²) in [4.78, 5) is 11.6. The zero-order valence-corrected chi connectivity index (χ0v) is 12.6. The number of hydrogen-bond donors (Lipinski definition) is 1. The third-order valence-corrected chi connectivity index (χ3v) is 2.78. The highest BCUT2D eigenvalue weighted by Crippen LogP contribution is 2.30. The maximum absolute atomic E-state index is 11.6. The van der Waals surface area contributed by atoms with Gasteiger partial charge in [-0.15, -0.1) is 0 Å². The minimum Gasteiger partial charge on any atom is -0.493 e. The highest BCUT2D eigenvalue weighted by atomic mass is 16.5. The van der Waals surface area contributed by atoms with Gasteiger partial charge in [-0.2, -0.15) is 0 Å². The van der Waals surface area contributed by atoms with E-state index in [0.717, 1.165) is 0 Å². The SMILES string of the molecule is COc1ccc([C@@H](O)COC(=O)C(C)(C)C)cc1OC. The number of ether oxygens (including phenoxy) is 3. The molecule has 1 aromatic carbocycles. The molecule has 0 bridgehead atoms. The van der Waals surface area contributed by atoms with Crippen LogP contribution in [0.1, 0.15) is 32.4 Å². The van der Waals surface area contributed by atoms with Crippen molar-refractivity contribution >= 4 is 5.97 Å². The Hall–Kier alpha value is -1.75. The van der Waals surface area contributed by atoms with Crippen molar-refractivity contribution in [3.63, 3.8) is 0 Å². The molecule has 0 radical (unpaired) electrons. The molecule has 0 aliphatic heterocycles. The van der Waals surface area contributed by atoms with Gasteiger partial charge in [0.25, 0.3) is 0 Å². The summed E-state index contributed by atoms with van der Waals surface area (Å²) in [6.07, 6.45) is -0.902. The molecule has 0 saturated carbocycles. The summed E-state index contributed by atoms with van der Waals surface area (Å²) in [6.45, 7) is 5.19. The van der Waals surface area contributed by atoms with Gasteiger partial charge in [0.05, 0.1) is 19.6 Å². The van der Waals surface area contributed by atoms with Gasteiger partial charge >= 0.3 is 5.97 Å². The number of esters is 1. The van der Waals surface area contributed by atoms with Gasteiger partial charge in [0, 0.05) is 0 Å². The molecule has 0 unspecified atom stereocenters. The van der Waals surface area contributed by atoms with Crippen molar-refractivity contribution < 1.29 is 24.1 Å². The van der Waals surface area contributed by atoms with Crippen molar-refractivity contribution in [1.29, 1.82) is 0 Å². The summed E-state index contributed by atoms with van der Waals surface area (Å²) >= 11 is 0. The van der Waals surface area contributed by atoms with E-state index in [9.17, 15) is 9.90 Å². The third-order valence-electron chi connectivity index (χ3n) is 2.78. The first-order valence-corrected chi connectivity index (χ1v) is 6.36. The molecule has 0 heterocycles. The molecule has 20 heavy (non-hydrogen) atoms. The van der Waals surface area contributed by atoms with E-state index >= 15 is 0 Å². The number of aliphatic hydroxyl groups excluding tert-OH is 1. The summed E-state index contributed by atoms with van der Waals surface area (Å²) in [5, 5.41) is 10.0. The first-order chi connectivity index (χ1) is 9.29. The normalized spacial score (nSPS) is 12.7. The van der Waals surface area contributed by atoms with Gasteiger partial charge in [-0.1, -0.05) is 6.07 Å². The number of rotatable bonds is 5. The van der Waals surface area contributed by atoms with Crippen LogP contribution in [0, 0.1) is 5.41 Å². The van der Waals surface area contributed by atoms with Crippen molar-refractivity contribution in [3.05, 3.63) is 23.8 Å². The van der Waals surface area contributed by atoms with Crippen LogP contribution in [0.15, 0.2) is 18.2 Å². The molecule has 0 saturated heterocycles. The number of benzene rings is 1. The quantitative estimate of drug-likeness (QED) is 0.840. The average Bonchev–Trinajstić information content (AvgIpc) is 2.42. The molecule has 1 atom stereocenters.